The number of fused-ring (bicyclic) bond motifs is 5. The summed E-state index contributed by atoms with van der Waals surface area (Å²) in [7, 11) is 0. The molecule has 2 aliphatic rings. The summed E-state index contributed by atoms with van der Waals surface area (Å²) in [5.74, 6) is 3.37. The molecule has 4 N–H and O–H groups in total. The Morgan fingerprint density at radius 3 is 2.10 bits per heavy atom. The summed E-state index contributed by atoms with van der Waals surface area (Å²) in [4.78, 5) is 0. The minimum atomic E-state index is 0.162. The molecule has 148 valence electrons. The van der Waals surface area contributed by atoms with Crippen LogP contribution in [-0.4, -0.2) is 6.10 Å². The lowest BCUT2D eigenvalue weighted by Gasteiger charge is -2.20. The van der Waals surface area contributed by atoms with Crippen LogP contribution >= 0.6 is 0 Å². The van der Waals surface area contributed by atoms with Gasteiger partial charge in [0, 0.05) is 34.3 Å². The van der Waals surface area contributed by atoms with Crippen molar-refractivity contribution in [1.82, 2.24) is 0 Å². The molecular weight excluding hydrogens is 360 g/mol. The number of rotatable bonds is 4. The van der Waals surface area contributed by atoms with Crippen LogP contribution in [0, 0.1) is 13.8 Å². The van der Waals surface area contributed by atoms with E-state index in [1.165, 1.54) is 11.1 Å². The lowest BCUT2D eigenvalue weighted by molar-refractivity contribution is 0.185. The van der Waals surface area contributed by atoms with E-state index in [0.29, 0.717) is 11.8 Å². The molecule has 0 aliphatic heterocycles. The fourth-order valence-corrected chi connectivity index (χ4v) is 4.85. The molecule has 5 rings (SSSR count). The fourth-order valence-electron chi connectivity index (χ4n) is 4.85. The lowest BCUT2D eigenvalue weighted by Crippen LogP contribution is -2.20. The SMILES string of the molecule is Cc1c(N)cccc1Oc1ccc2c(c1)C1CCC2C1Oc1cccc(N)c1C. The van der Waals surface area contributed by atoms with Gasteiger partial charge in [0.05, 0.1) is 0 Å². The van der Waals surface area contributed by atoms with Crippen LogP contribution in [0.1, 0.15) is 46.9 Å². The first-order valence-corrected chi connectivity index (χ1v) is 10.2. The zero-order chi connectivity index (χ0) is 20.1. The van der Waals surface area contributed by atoms with Gasteiger partial charge in [-0.25, -0.2) is 0 Å². The number of nitrogens with two attached hydrogens (primary N) is 2. The highest BCUT2D eigenvalue weighted by atomic mass is 16.5. The van der Waals surface area contributed by atoms with Crippen molar-refractivity contribution in [1.29, 1.82) is 0 Å². The highest BCUT2D eigenvalue weighted by molar-refractivity contribution is 5.56. The average Bonchev–Trinajstić information content (AvgIpc) is 3.24. The maximum atomic E-state index is 6.51. The molecule has 3 aromatic rings. The van der Waals surface area contributed by atoms with Crippen LogP contribution in [0.2, 0.25) is 0 Å². The van der Waals surface area contributed by atoms with Gasteiger partial charge in [0.15, 0.2) is 0 Å². The highest BCUT2D eigenvalue weighted by Crippen LogP contribution is 2.55. The number of benzene rings is 3. The standard InChI is InChI=1S/C25H26N2O2/c1-14-21(26)5-3-7-23(14)28-16-9-10-17-18-11-12-19(20(17)13-16)25(18)29-24-8-4-6-22(27)15(24)2/h3-10,13,18-19,25H,11-12,26-27H2,1-2H3. The predicted octanol–water partition coefficient (Wildman–Crippen LogP) is 5.68. The van der Waals surface area contributed by atoms with E-state index >= 15 is 0 Å². The second kappa shape index (κ2) is 6.73. The van der Waals surface area contributed by atoms with Crippen LogP contribution in [0.3, 0.4) is 0 Å². The summed E-state index contributed by atoms with van der Waals surface area (Å²) in [6, 6.07) is 18.1. The number of hydrogen-bond acceptors (Lipinski definition) is 4. The number of anilines is 2. The molecule has 4 nitrogen and oxygen atoms in total. The van der Waals surface area contributed by atoms with Crippen LogP contribution in [-0.2, 0) is 0 Å². The summed E-state index contributed by atoms with van der Waals surface area (Å²) in [6.45, 7) is 4.01. The van der Waals surface area contributed by atoms with E-state index in [0.717, 1.165) is 52.6 Å². The summed E-state index contributed by atoms with van der Waals surface area (Å²) >= 11 is 0. The Balaban J connectivity index is 1.42. The van der Waals surface area contributed by atoms with Crippen molar-refractivity contribution >= 4 is 11.4 Å². The lowest BCUT2D eigenvalue weighted by atomic mass is 9.92. The van der Waals surface area contributed by atoms with Gasteiger partial charge in [-0.05, 0) is 74.2 Å². The van der Waals surface area contributed by atoms with Gasteiger partial charge >= 0.3 is 0 Å². The van der Waals surface area contributed by atoms with E-state index < -0.39 is 0 Å². The van der Waals surface area contributed by atoms with Crippen molar-refractivity contribution in [3.8, 4) is 17.2 Å². The largest absolute Gasteiger partial charge is 0.489 e. The maximum Gasteiger partial charge on any atom is 0.132 e. The molecule has 2 aliphatic carbocycles. The minimum absolute atomic E-state index is 0.162. The topological polar surface area (TPSA) is 70.5 Å². The Kier molecular flexibility index (Phi) is 4.16. The van der Waals surface area contributed by atoms with Gasteiger partial charge in [0.1, 0.15) is 23.4 Å². The summed E-state index contributed by atoms with van der Waals surface area (Å²) < 4.78 is 12.7. The number of hydrogen-bond donors (Lipinski definition) is 2. The average molecular weight is 386 g/mol. The molecule has 4 heteroatoms. The van der Waals surface area contributed by atoms with Crippen molar-refractivity contribution in [2.24, 2.45) is 0 Å². The molecule has 2 bridgehead atoms. The van der Waals surface area contributed by atoms with Crippen LogP contribution in [0.15, 0.2) is 54.6 Å². The van der Waals surface area contributed by atoms with Crippen molar-refractivity contribution in [2.75, 3.05) is 11.5 Å². The summed E-state index contributed by atoms with van der Waals surface area (Å²) in [6.07, 6.45) is 2.47. The van der Waals surface area contributed by atoms with E-state index in [1.54, 1.807) is 0 Å². The Labute approximate surface area is 171 Å². The summed E-state index contributed by atoms with van der Waals surface area (Å²) in [5, 5.41) is 0. The smallest absolute Gasteiger partial charge is 0.132 e. The molecular formula is C25H26N2O2. The maximum absolute atomic E-state index is 6.51. The molecule has 0 saturated heterocycles. The quantitative estimate of drug-likeness (QED) is 0.566. The predicted molar refractivity (Wildman–Crippen MR) is 117 cm³/mol. The molecule has 0 spiro atoms. The van der Waals surface area contributed by atoms with Gasteiger partial charge < -0.3 is 20.9 Å². The van der Waals surface area contributed by atoms with Crippen molar-refractivity contribution in [2.45, 2.75) is 44.6 Å². The van der Waals surface area contributed by atoms with Crippen LogP contribution < -0.4 is 20.9 Å². The van der Waals surface area contributed by atoms with E-state index in [9.17, 15) is 0 Å². The van der Waals surface area contributed by atoms with Crippen molar-refractivity contribution < 1.29 is 9.47 Å². The Hall–Kier alpha value is -3.14. The van der Waals surface area contributed by atoms with E-state index in [2.05, 4.69) is 18.2 Å². The zero-order valence-corrected chi connectivity index (χ0v) is 16.8. The second-order valence-electron chi connectivity index (χ2n) is 8.21. The van der Waals surface area contributed by atoms with Gasteiger partial charge in [-0.2, -0.15) is 0 Å². The molecule has 3 aromatic carbocycles. The molecule has 3 atom stereocenters. The zero-order valence-electron chi connectivity index (χ0n) is 16.8. The molecule has 1 saturated carbocycles. The molecule has 0 aromatic heterocycles. The third-order valence-electron chi connectivity index (χ3n) is 6.58. The third kappa shape index (κ3) is 2.91. The normalized spacial score (nSPS) is 21.8. The molecule has 1 fully saturated rings. The van der Waals surface area contributed by atoms with Gasteiger partial charge in [-0.15, -0.1) is 0 Å². The third-order valence-corrected chi connectivity index (χ3v) is 6.58. The molecule has 0 radical (unpaired) electrons. The van der Waals surface area contributed by atoms with Crippen LogP contribution in [0.25, 0.3) is 0 Å². The van der Waals surface area contributed by atoms with Crippen molar-refractivity contribution in [3.63, 3.8) is 0 Å². The van der Waals surface area contributed by atoms with Gasteiger partial charge in [0.2, 0.25) is 0 Å². The fraction of sp³-hybridized carbons (Fsp3) is 0.280. The molecule has 29 heavy (non-hydrogen) atoms. The summed E-state index contributed by atoms with van der Waals surface area (Å²) in [5.41, 5.74) is 18.3. The highest BCUT2D eigenvalue weighted by Gasteiger charge is 2.47. The molecule has 0 heterocycles. The van der Waals surface area contributed by atoms with Crippen LogP contribution in [0.5, 0.6) is 17.2 Å². The van der Waals surface area contributed by atoms with E-state index in [4.69, 9.17) is 20.9 Å². The minimum Gasteiger partial charge on any atom is -0.489 e. The Morgan fingerprint density at radius 1 is 0.759 bits per heavy atom. The number of nitrogen functional groups attached to an aromatic ring is 2. The Bertz CT molecular complexity index is 1090. The first-order valence-electron chi connectivity index (χ1n) is 10.2. The number of ether oxygens (including phenoxy) is 2. The van der Waals surface area contributed by atoms with E-state index in [-0.39, 0.29) is 6.10 Å². The van der Waals surface area contributed by atoms with Gasteiger partial charge in [-0.3, -0.25) is 0 Å². The monoisotopic (exact) mass is 386 g/mol. The van der Waals surface area contributed by atoms with Crippen LogP contribution in [0.4, 0.5) is 11.4 Å². The first kappa shape index (κ1) is 17.9. The van der Waals surface area contributed by atoms with Crippen molar-refractivity contribution in [3.05, 3.63) is 76.9 Å². The Morgan fingerprint density at radius 2 is 1.38 bits per heavy atom. The van der Waals surface area contributed by atoms with Gasteiger partial charge in [0.25, 0.3) is 0 Å². The van der Waals surface area contributed by atoms with Gasteiger partial charge in [-0.1, -0.05) is 18.2 Å². The molecule has 3 unspecified atom stereocenters. The van der Waals surface area contributed by atoms with E-state index in [1.807, 2.05) is 50.2 Å². The first-order chi connectivity index (χ1) is 14.0. The second-order valence-corrected chi connectivity index (χ2v) is 8.21. The molecule has 0 amide bonds.